The fraction of sp³-hybridized carbons (Fsp3) is 0.224. The van der Waals surface area contributed by atoms with E-state index in [-0.39, 0.29) is 60.8 Å². The number of carbonyl (C=O) groups is 5. The van der Waals surface area contributed by atoms with E-state index in [1.165, 1.54) is 75.7 Å². The van der Waals surface area contributed by atoms with Crippen LogP contribution in [0.1, 0.15) is 81.1 Å². The number of nitriles is 1. The average molecular weight is 1050 g/mol. The van der Waals surface area contributed by atoms with Gasteiger partial charge >= 0.3 is 45.3 Å². The molecule has 0 saturated heterocycles. The fourth-order valence-corrected chi connectivity index (χ4v) is 4.92. The molecule has 2 N–H and O–H groups in total. The number of carbonyl (C=O) groups excluding carboxylic acids is 5. The number of halogens is 6. The summed E-state index contributed by atoms with van der Waals surface area (Å²) in [5.74, 6) is -2.16. The van der Waals surface area contributed by atoms with Crippen LogP contribution in [-0.2, 0) is 37.0 Å². The number of ether oxygens (including phenoxy) is 2. The van der Waals surface area contributed by atoms with Crippen LogP contribution in [0, 0.1) is 69.7 Å². The van der Waals surface area contributed by atoms with Crippen molar-refractivity contribution in [2.75, 3.05) is 14.2 Å². The zero-order valence-corrected chi connectivity index (χ0v) is 41.4. The number of Topliss-reactive ketones (excluding diaryl/α,β-unsaturated/α-hetero) is 1. The third-order valence-electron chi connectivity index (χ3n) is 8.48. The Bertz CT molecular complexity index is 2590. The normalized spacial score (nSPS) is 10.4. The van der Waals surface area contributed by atoms with Gasteiger partial charge in [0.2, 0.25) is 5.91 Å². The maximum atomic E-state index is 13.0. The molecule has 5 aromatic rings. The van der Waals surface area contributed by atoms with Crippen LogP contribution >= 0.6 is 20.2 Å². The summed E-state index contributed by atoms with van der Waals surface area (Å²) in [5, 5.41) is 17.5. The molecule has 0 aliphatic carbocycles. The Hall–Kier alpha value is -6.77. The summed E-state index contributed by atoms with van der Waals surface area (Å²) in [4.78, 5) is 64.1. The van der Waals surface area contributed by atoms with Gasteiger partial charge in [0, 0.05) is 55.0 Å². The molecule has 0 spiro atoms. The van der Waals surface area contributed by atoms with Crippen molar-refractivity contribution in [1.29, 1.82) is 5.26 Å². The second-order valence-corrected chi connectivity index (χ2v) is 15.0. The number of benzene rings is 4. The van der Waals surface area contributed by atoms with Crippen LogP contribution in [-0.4, -0.2) is 60.0 Å². The first-order valence-corrected chi connectivity index (χ1v) is 22.2. The Morgan fingerprint density at radius 1 is 0.768 bits per heavy atom. The molecule has 0 radical (unpaired) electrons. The Morgan fingerprint density at radius 2 is 1.26 bits per heavy atom. The van der Waals surface area contributed by atoms with Gasteiger partial charge in [0.05, 0.1) is 38.1 Å². The summed E-state index contributed by atoms with van der Waals surface area (Å²) in [6, 6.07) is 22.7. The fourth-order valence-electron chi connectivity index (χ4n) is 4.92. The predicted molar refractivity (Wildman–Crippen MR) is 255 cm³/mol. The van der Waals surface area contributed by atoms with E-state index < -0.39 is 11.9 Å². The molecule has 1 aliphatic heterocycles. The van der Waals surface area contributed by atoms with Crippen molar-refractivity contribution >= 4 is 55.8 Å². The Morgan fingerprint density at radius 3 is 1.67 bits per heavy atom. The molecule has 69 heavy (non-hydrogen) atoms. The van der Waals surface area contributed by atoms with Gasteiger partial charge in [-0.3, -0.25) is 24.0 Å². The van der Waals surface area contributed by atoms with Gasteiger partial charge in [0.15, 0.2) is 5.78 Å². The van der Waals surface area contributed by atoms with Crippen LogP contribution in [0.5, 0.6) is 0 Å². The summed E-state index contributed by atoms with van der Waals surface area (Å²) in [7, 11) is 11.9. The first-order chi connectivity index (χ1) is 32.2. The Balaban J connectivity index is 0. The summed E-state index contributed by atoms with van der Waals surface area (Å²) >= 11 is 0.757. The number of aryl methyl sites for hydroxylation is 4. The molecule has 0 saturated carbocycles. The van der Waals surface area contributed by atoms with Crippen LogP contribution in [0.2, 0.25) is 0 Å². The van der Waals surface area contributed by atoms with E-state index in [0.717, 1.165) is 36.0 Å². The number of hydrogen-bond acceptors (Lipinski definition) is 11. The number of rotatable bonds is 8. The van der Waals surface area contributed by atoms with Gasteiger partial charge in [-0.25, -0.2) is 32.9 Å². The number of aromatic amines is 1. The number of aromatic nitrogens is 2. The van der Waals surface area contributed by atoms with E-state index in [1.54, 1.807) is 64.1 Å². The number of amides is 1. The third kappa shape index (κ3) is 26.4. The van der Waals surface area contributed by atoms with Gasteiger partial charge in [0.25, 0.3) is 5.56 Å². The number of H-pyrrole nitrogens is 1. The molecule has 13 nitrogen and oxygen atoms in total. The molecule has 1 amide bonds. The number of nitrogens with zero attached hydrogens (tertiary/aromatic N) is 3. The number of hydrazone groups is 1. The van der Waals surface area contributed by atoms with Crippen molar-refractivity contribution in [3.05, 3.63) is 178 Å². The number of ketones is 1. The summed E-state index contributed by atoms with van der Waals surface area (Å²) in [6.45, 7) is 11.2. The zero-order valence-electron chi connectivity index (χ0n) is 39.0. The van der Waals surface area contributed by atoms with Crippen molar-refractivity contribution in [1.82, 2.24) is 15.6 Å². The molecule has 2 heterocycles. The minimum absolute atomic E-state index is 0. The molecule has 0 fully saturated rings. The van der Waals surface area contributed by atoms with Crippen LogP contribution < -0.4 is 11.0 Å². The van der Waals surface area contributed by atoms with Crippen molar-refractivity contribution in [3.63, 3.8) is 0 Å². The quantitative estimate of drug-likeness (QED) is 0.0287. The van der Waals surface area contributed by atoms with E-state index in [9.17, 15) is 46.3 Å². The molecule has 20 heteroatoms. The van der Waals surface area contributed by atoms with Crippen molar-refractivity contribution in [2.24, 2.45) is 5.10 Å². The minimum atomic E-state index is -0.424. The number of nitrogens with one attached hydrogen (secondary N) is 2. The van der Waals surface area contributed by atoms with Crippen LogP contribution in [0.3, 0.4) is 0 Å². The molecule has 1 aliphatic rings. The van der Waals surface area contributed by atoms with Crippen molar-refractivity contribution in [2.45, 2.75) is 60.3 Å². The van der Waals surface area contributed by atoms with Crippen LogP contribution in [0.15, 0.2) is 107 Å². The number of esters is 2. The van der Waals surface area contributed by atoms with Crippen LogP contribution in [0.25, 0.3) is 11.3 Å². The number of hydrogen-bond donors (Lipinski definition) is 2. The Labute approximate surface area is 413 Å². The summed E-state index contributed by atoms with van der Waals surface area (Å²) in [5.41, 5.74) is 8.25. The average Bonchev–Trinajstić information content (AvgIpc) is 3.33. The van der Waals surface area contributed by atoms with E-state index in [4.69, 9.17) is 5.26 Å². The second-order valence-electron chi connectivity index (χ2n) is 13.4. The Kier molecular flexibility index (Phi) is 33.8. The molecule has 4 aromatic carbocycles. The topological polar surface area (TPSA) is 198 Å². The predicted octanol–water partition coefficient (Wildman–Crippen LogP) is 10.6. The molecular weight excluding hydrogens is 997 g/mol. The van der Waals surface area contributed by atoms with Gasteiger partial charge in [-0.05, 0) is 128 Å². The molecule has 0 unspecified atom stereocenters. The first kappa shape index (κ1) is 64.3. The molecular formula is C49H52Cl2CuF4N5O8-. The van der Waals surface area contributed by atoms with Crippen molar-refractivity contribution in [3.8, 4) is 17.3 Å². The number of methoxy groups -OCH3 is 2. The third-order valence-corrected chi connectivity index (χ3v) is 8.48. The van der Waals surface area contributed by atoms with Gasteiger partial charge in [0.1, 0.15) is 29.6 Å². The molecule has 6 rings (SSSR count). The van der Waals surface area contributed by atoms with Crippen molar-refractivity contribution < 1.29 is 64.1 Å². The van der Waals surface area contributed by atoms with Gasteiger partial charge in [-0.1, -0.05) is 12.6 Å². The second kappa shape index (κ2) is 36.3. The molecule has 375 valence electrons. The zero-order chi connectivity index (χ0) is 51.8. The maximum absolute atomic E-state index is 13.0. The van der Waals surface area contributed by atoms with E-state index in [1.807, 2.05) is 0 Å². The van der Waals surface area contributed by atoms with E-state index >= 15 is 0 Å². The monoisotopic (exact) mass is 1050 g/mol. The molecule has 0 bridgehead atoms. The first-order valence-electron chi connectivity index (χ1n) is 19.6. The number of aldehydes is 1. The van der Waals surface area contributed by atoms with E-state index in [2.05, 4.69) is 57.0 Å². The standard InChI is InChI=1S/C12H13FO3.C11H11FN2O.C11H9FN2O.C8H7FO.C4H6O2.C2H3N.CH3.2ClH.Cu/c1-8-7-9(3-4-10(8)13)11(14)5-6-12(15)16-2;2*1-7-6-8(2-3-9(7)12)10-4-5-11(15)14-13-10;1-6-4-7(5-10)2-3-8(6)9;1-3-4(5)6-2;1-2-3;;;;/h3-4,7H,5-6H2,1-2H3;2-3,6H,4-5H2,1H3,(H,14,15);2-6H,1H3,(H,14,15);2-5H,1H3;3H,1H2,2H3;1H3;1H3;2*1H;/q;;;;;;-1;;;+2/p-2. The van der Waals surface area contributed by atoms with Crippen LogP contribution in [0.4, 0.5) is 17.6 Å². The van der Waals surface area contributed by atoms with Gasteiger partial charge < -0.3 is 16.9 Å². The molecule has 1 aromatic heterocycles. The van der Waals surface area contributed by atoms with Gasteiger partial charge in [-0.15, -0.1) is 0 Å². The SMILES string of the molecule is C=CC(=O)OC.CC#N.COC(=O)CCC(=O)c1ccc(F)c(C)c1.Cc1cc(-c2ccc(=O)[nH]n2)ccc1F.Cc1cc(C2=NNC(=O)CC2)ccc1F.Cc1cc(C=O)ccc1F.[CH3-].[Cl][Cu][Cl]. The summed E-state index contributed by atoms with van der Waals surface area (Å²) in [6.07, 6.45) is 2.99. The van der Waals surface area contributed by atoms with E-state index in [0.29, 0.717) is 58.2 Å². The summed E-state index contributed by atoms with van der Waals surface area (Å²) < 4.78 is 60.1. The van der Waals surface area contributed by atoms with Gasteiger partial charge in [-0.2, -0.15) is 15.5 Å². The molecule has 0 atom stereocenters.